The predicted molar refractivity (Wildman–Crippen MR) is 68.7 cm³/mol. The van der Waals surface area contributed by atoms with Crippen LogP contribution >= 0.6 is 0 Å². The van der Waals surface area contributed by atoms with Gasteiger partial charge in [0, 0.05) is 25.2 Å². The standard InChI is InChI=1S/C13H16N4O2/c1-9-7-16(12-3-4-14-17(12)8-9)13(18)6-11-5-10(2)15-19-11/h3-5,9H,6-8H2,1-2H3. The SMILES string of the molecule is Cc1cc(CC(=O)N2CC(C)Cn3nccc32)on1. The summed E-state index contributed by atoms with van der Waals surface area (Å²) in [5, 5.41) is 8.04. The van der Waals surface area contributed by atoms with Gasteiger partial charge in [0.2, 0.25) is 5.91 Å². The summed E-state index contributed by atoms with van der Waals surface area (Å²) in [4.78, 5) is 14.2. The monoisotopic (exact) mass is 260 g/mol. The molecule has 3 heterocycles. The lowest BCUT2D eigenvalue weighted by Gasteiger charge is -2.31. The third-order valence-corrected chi connectivity index (χ3v) is 3.25. The molecule has 6 nitrogen and oxygen atoms in total. The van der Waals surface area contributed by atoms with Crippen molar-refractivity contribution in [2.45, 2.75) is 26.8 Å². The largest absolute Gasteiger partial charge is 0.361 e. The van der Waals surface area contributed by atoms with Crippen LogP contribution in [0.25, 0.3) is 0 Å². The molecule has 0 spiro atoms. The molecule has 1 aliphatic rings. The molecule has 100 valence electrons. The van der Waals surface area contributed by atoms with E-state index in [1.165, 1.54) is 0 Å². The second kappa shape index (κ2) is 4.53. The van der Waals surface area contributed by atoms with Crippen molar-refractivity contribution in [1.82, 2.24) is 14.9 Å². The first kappa shape index (κ1) is 12.0. The summed E-state index contributed by atoms with van der Waals surface area (Å²) < 4.78 is 6.97. The van der Waals surface area contributed by atoms with Crippen LogP contribution in [-0.4, -0.2) is 27.4 Å². The average Bonchev–Trinajstić information content (AvgIpc) is 2.96. The number of carbonyl (C=O) groups is 1. The van der Waals surface area contributed by atoms with Gasteiger partial charge in [-0.05, 0) is 12.8 Å². The molecular weight excluding hydrogens is 244 g/mol. The minimum atomic E-state index is 0.0180. The summed E-state index contributed by atoms with van der Waals surface area (Å²) >= 11 is 0. The van der Waals surface area contributed by atoms with Crippen LogP contribution in [-0.2, 0) is 17.8 Å². The third kappa shape index (κ3) is 2.25. The molecule has 1 unspecified atom stereocenters. The number of anilines is 1. The Morgan fingerprint density at radius 3 is 3.11 bits per heavy atom. The molecule has 1 atom stereocenters. The molecule has 0 saturated heterocycles. The molecule has 2 aromatic heterocycles. The topological polar surface area (TPSA) is 64.2 Å². The molecule has 3 rings (SSSR count). The molecule has 0 saturated carbocycles. The highest BCUT2D eigenvalue weighted by Crippen LogP contribution is 2.23. The van der Waals surface area contributed by atoms with Crippen molar-refractivity contribution in [3.05, 3.63) is 29.8 Å². The van der Waals surface area contributed by atoms with Crippen LogP contribution in [0, 0.1) is 12.8 Å². The number of fused-ring (bicyclic) bond motifs is 1. The van der Waals surface area contributed by atoms with Gasteiger partial charge in [0.25, 0.3) is 0 Å². The Balaban J connectivity index is 1.81. The van der Waals surface area contributed by atoms with Gasteiger partial charge >= 0.3 is 0 Å². The second-order valence-corrected chi connectivity index (χ2v) is 5.09. The zero-order valence-electron chi connectivity index (χ0n) is 11.0. The van der Waals surface area contributed by atoms with E-state index in [0.717, 1.165) is 24.6 Å². The summed E-state index contributed by atoms with van der Waals surface area (Å²) in [7, 11) is 0. The minimum Gasteiger partial charge on any atom is -0.361 e. The van der Waals surface area contributed by atoms with Crippen molar-refractivity contribution in [1.29, 1.82) is 0 Å². The number of hydrogen-bond donors (Lipinski definition) is 0. The molecule has 0 bridgehead atoms. The lowest BCUT2D eigenvalue weighted by molar-refractivity contribution is -0.118. The summed E-state index contributed by atoms with van der Waals surface area (Å²) in [6, 6.07) is 3.66. The summed E-state index contributed by atoms with van der Waals surface area (Å²) in [6.45, 7) is 5.53. The Labute approximate surface area is 111 Å². The predicted octanol–water partition coefficient (Wildman–Crippen LogP) is 1.40. The number of rotatable bonds is 2. The highest BCUT2D eigenvalue weighted by molar-refractivity contribution is 5.93. The van der Waals surface area contributed by atoms with Gasteiger partial charge in [0.15, 0.2) is 0 Å². The first-order valence-corrected chi connectivity index (χ1v) is 6.38. The zero-order chi connectivity index (χ0) is 13.4. The third-order valence-electron chi connectivity index (χ3n) is 3.25. The van der Waals surface area contributed by atoms with Crippen molar-refractivity contribution >= 4 is 11.7 Å². The van der Waals surface area contributed by atoms with Crippen molar-refractivity contribution in [2.24, 2.45) is 5.92 Å². The number of carbonyl (C=O) groups excluding carboxylic acids is 1. The quantitative estimate of drug-likeness (QED) is 0.818. The van der Waals surface area contributed by atoms with Crippen LogP contribution in [0.5, 0.6) is 0 Å². The van der Waals surface area contributed by atoms with Gasteiger partial charge in [-0.3, -0.25) is 9.69 Å². The number of aryl methyl sites for hydroxylation is 1. The fourth-order valence-electron chi connectivity index (χ4n) is 2.43. The van der Waals surface area contributed by atoms with Crippen molar-refractivity contribution in [3.63, 3.8) is 0 Å². The van der Waals surface area contributed by atoms with Crippen molar-refractivity contribution in [2.75, 3.05) is 11.4 Å². The van der Waals surface area contributed by atoms with E-state index in [2.05, 4.69) is 17.2 Å². The number of hydrogen-bond acceptors (Lipinski definition) is 4. The van der Waals surface area contributed by atoms with E-state index in [1.54, 1.807) is 17.2 Å². The Morgan fingerprint density at radius 2 is 2.37 bits per heavy atom. The molecule has 1 amide bonds. The Kier molecular flexibility index (Phi) is 2.85. The Hall–Kier alpha value is -2.11. The lowest BCUT2D eigenvalue weighted by Crippen LogP contribution is -2.42. The summed E-state index contributed by atoms with van der Waals surface area (Å²) in [6.07, 6.45) is 1.96. The average molecular weight is 260 g/mol. The smallest absolute Gasteiger partial charge is 0.235 e. The van der Waals surface area contributed by atoms with Crippen molar-refractivity contribution in [3.8, 4) is 0 Å². The molecule has 0 fully saturated rings. The van der Waals surface area contributed by atoms with Gasteiger partial charge in [-0.25, -0.2) is 4.68 Å². The van der Waals surface area contributed by atoms with Crippen LogP contribution in [0.3, 0.4) is 0 Å². The number of amides is 1. The second-order valence-electron chi connectivity index (χ2n) is 5.09. The molecule has 19 heavy (non-hydrogen) atoms. The van der Waals surface area contributed by atoms with Crippen LogP contribution in [0.1, 0.15) is 18.4 Å². The first-order chi connectivity index (χ1) is 9.13. The number of aromatic nitrogens is 3. The van der Waals surface area contributed by atoms with Gasteiger partial charge in [-0.15, -0.1) is 0 Å². The summed E-state index contributed by atoms with van der Waals surface area (Å²) in [5.74, 6) is 1.88. The van der Waals surface area contributed by atoms with E-state index in [9.17, 15) is 4.79 Å². The highest BCUT2D eigenvalue weighted by atomic mass is 16.5. The van der Waals surface area contributed by atoms with E-state index >= 15 is 0 Å². The van der Waals surface area contributed by atoms with E-state index in [0.29, 0.717) is 11.7 Å². The minimum absolute atomic E-state index is 0.0180. The molecule has 6 heteroatoms. The fraction of sp³-hybridized carbons (Fsp3) is 0.462. The first-order valence-electron chi connectivity index (χ1n) is 6.38. The van der Waals surface area contributed by atoms with Crippen LogP contribution in [0.15, 0.2) is 22.9 Å². The van der Waals surface area contributed by atoms with Gasteiger partial charge in [0.05, 0.1) is 18.3 Å². The Morgan fingerprint density at radius 1 is 1.53 bits per heavy atom. The molecule has 1 aliphatic heterocycles. The van der Waals surface area contributed by atoms with Crippen molar-refractivity contribution < 1.29 is 9.32 Å². The molecule has 2 aromatic rings. The maximum Gasteiger partial charge on any atom is 0.235 e. The number of nitrogens with zero attached hydrogens (tertiary/aromatic N) is 4. The maximum absolute atomic E-state index is 12.4. The normalized spacial score (nSPS) is 18.4. The maximum atomic E-state index is 12.4. The van der Waals surface area contributed by atoms with E-state index in [-0.39, 0.29) is 12.3 Å². The van der Waals surface area contributed by atoms with Crippen LogP contribution in [0.4, 0.5) is 5.82 Å². The van der Waals surface area contributed by atoms with E-state index in [4.69, 9.17) is 4.52 Å². The lowest BCUT2D eigenvalue weighted by atomic mass is 10.1. The van der Waals surface area contributed by atoms with Crippen LogP contribution < -0.4 is 4.90 Å². The van der Waals surface area contributed by atoms with Gasteiger partial charge in [-0.1, -0.05) is 12.1 Å². The van der Waals surface area contributed by atoms with Gasteiger partial charge < -0.3 is 4.52 Å². The zero-order valence-corrected chi connectivity index (χ0v) is 11.0. The molecule has 0 N–H and O–H groups in total. The van der Waals surface area contributed by atoms with E-state index in [1.807, 2.05) is 17.7 Å². The molecular formula is C13H16N4O2. The molecule has 0 aliphatic carbocycles. The molecule has 0 radical (unpaired) electrons. The Bertz CT molecular complexity index is 601. The van der Waals surface area contributed by atoms with Gasteiger partial charge in [-0.2, -0.15) is 5.10 Å². The van der Waals surface area contributed by atoms with Gasteiger partial charge in [0.1, 0.15) is 11.6 Å². The van der Waals surface area contributed by atoms with E-state index < -0.39 is 0 Å². The van der Waals surface area contributed by atoms with Crippen LogP contribution in [0.2, 0.25) is 0 Å². The molecule has 0 aromatic carbocycles. The highest BCUT2D eigenvalue weighted by Gasteiger charge is 2.27. The summed E-state index contributed by atoms with van der Waals surface area (Å²) in [5.41, 5.74) is 0.792. The fourth-order valence-corrected chi connectivity index (χ4v) is 2.43.